The minimum Gasteiger partial charge on any atom is -0.376 e. The van der Waals surface area contributed by atoms with Crippen molar-refractivity contribution >= 4 is 5.78 Å². The van der Waals surface area contributed by atoms with E-state index in [0.717, 1.165) is 32.3 Å². The Bertz CT molecular complexity index is 824. The maximum absolute atomic E-state index is 13.5. The van der Waals surface area contributed by atoms with Gasteiger partial charge in [0.15, 0.2) is 0 Å². The van der Waals surface area contributed by atoms with Crippen LogP contribution in [0.5, 0.6) is 0 Å². The maximum atomic E-state index is 13.5. The van der Waals surface area contributed by atoms with E-state index in [1.54, 1.807) is 7.11 Å². The van der Waals surface area contributed by atoms with E-state index >= 15 is 0 Å². The average Bonchev–Trinajstić information content (AvgIpc) is 3.15. The Hall–Kier alpha value is -1.23. The number of benzene rings is 1. The van der Waals surface area contributed by atoms with Crippen molar-refractivity contribution in [2.45, 2.75) is 77.9 Å². The van der Waals surface area contributed by atoms with Crippen molar-refractivity contribution in [3.05, 3.63) is 35.9 Å². The van der Waals surface area contributed by atoms with Crippen molar-refractivity contribution in [1.29, 1.82) is 0 Å². The number of fused-ring (bicyclic) bond motifs is 5. The van der Waals surface area contributed by atoms with Gasteiger partial charge >= 0.3 is 0 Å². The molecule has 4 aliphatic carbocycles. The molecule has 0 spiro atoms. The van der Waals surface area contributed by atoms with Crippen molar-refractivity contribution in [2.24, 2.45) is 40.4 Å². The highest BCUT2D eigenvalue weighted by Gasteiger charge is 2.62. The first-order chi connectivity index (χ1) is 16.0. The normalized spacial score (nSPS) is 42.5. The lowest BCUT2D eigenvalue weighted by Gasteiger charge is -2.60. The van der Waals surface area contributed by atoms with E-state index in [0.29, 0.717) is 48.3 Å². The quantitative estimate of drug-likeness (QED) is 0.472. The summed E-state index contributed by atoms with van der Waals surface area (Å²) in [4.78, 5) is 13.5. The number of ketones is 1. The predicted octanol–water partition coefficient (Wildman–Crippen LogP) is 6.03. The van der Waals surface area contributed by atoms with Gasteiger partial charge in [-0.15, -0.1) is 0 Å². The predicted molar refractivity (Wildman–Crippen MR) is 128 cm³/mol. The first kappa shape index (κ1) is 23.5. The highest BCUT2D eigenvalue weighted by molar-refractivity contribution is 5.83. The molecule has 8 atom stereocenters. The highest BCUT2D eigenvalue weighted by atomic mass is 16.7. The van der Waals surface area contributed by atoms with Crippen LogP contribution in [0.2, 0.25) is 0 Å². The van der Waals surface area contributed by atoms with Gasteiger partial charge in [-0.2, -0.15) is 0 Å². The van der Waals surface area contributed by atoms with Crippen LogP contribution in [0.15, 0.2) is 30.3 Å². The molecule has 5 rings (SSSR count). The second kappa shape index (κ2) is 9.43. The summed E-state index contributed by atoms with van der Waals surface area (Å²) < 4.78 is 17.2. The van der Waals surface area contributed by atoms with Crippen LogP contribution in [-0.2, 0) is 25.6 Å². The van der Waals surface area contributed by atoms with Gasteiger partial charge < -0.3 is 14.2 Å². The Labute approximate surface area is 199 Å². The Kier molecular flexibility index (Phi) is 6.72. The number of rotatable bonds is 7. The molecule has 0 unspecified atom stereocenters. The van der Waals surface area contributed by atoms with E-state index in [4.69, 9.17) is 14.2 Å². The minimum absolute atomic E-state index is 0.149. The van der Waals surface area contributed by atoms with Crippen LogP contribution in [0.25, 0.3) is 0 Å². The molecule has 1 aromatic rings. The first-order valence-corrected chi connectivity index (χ1v) is 13.2. The molecule has 4 aliphatic rings. The minimum atomic E-state index is 0.149. The molecule has 0 bridgehead atoms. The fourth-order valence-electron chi connectivity index (χ4n) is 8.60. The molecular weight excluding hydrogens is 412 g/mol. The molecule has 0 saturated heterocycles. The molecule has 0 N–H and O–H groups in total. The van der Waals surface area contributed by atoms with Crippen molar-refractivity contribution in [3.63, 3.8) is 0 Å². The number of ether oxygens (including phenoxy) is 3. The topological polar surface area (TPSA) is 44.8 Å². The van der Waals surface area contributed by atoms with Gasteiger partial charge in [0, 0.05) is 19.4 Å². The molecular formula is C29H42O4. The third kappa shape index (κ3) is 4.21. The fraction of sp³-hybridized carbons (Fsp3) is 0.759. The van der Waals surface area contributed by atoms with Crippen molar-refractivity contribution in [2.75, 3.05) is 20.5 Å². The fourth-order valence-corrected chi connectivity index (χ4v) is 8.60. The molecule has 0 aliphatic heterocycles. The third-order valence-corrected chi connectivity index (χ3v) is 10.5. The smallest absolute Gasteiger partial charge is 0.146 e. The number of carbonyl (C=O) groups excluding carboxylic acids is 1. The summed E-state index contributed by atoms with van der Waals surface area (Å²) in [5, 5.41) is 0. The van der Waals surface area contributed by atoms with Crippen LogP contribution in [0.4, 0.5) is 0 Å². The molecule has 0 aromatic heterocycles. The number of hydrogen-bond acceptors (Lipinski definition) is 4. The Morgan fingerprint density at radius 3 is 2.52 bits per heavy atom. The van der Waals surface area contributed by atoms with E-state index in [9.17, 15) is 4.79 Å². The van der Waals surface area contributed by atoms with Crippen molar-refractivity contribution in [3.8, 4) is 0 Å². The second-order valence-electron chi connectivity index (χ2n) is 11.9. The van der Waals surface area contributed by atoms with Crippen LogP contribution >= 0.6 is 0 Å². The zero-order valence-electron chi connectivity index (χ0n) is 20.8. The molecule has 4 heteroatoms. The zero-order chi connectivity index (χ0) is 23.1. The number of methoxy groups -OCH3 is 1. The van der Waals surface area contributed by atoms with Gasteiger partial charge in [-0.25, -0.2) is 0 Å². The summed E-state index contributed by atoms with van der Waals surface area (Å²) in [5.41, 5.74) is 1.72. The summed E-state index contributed by atoms with van der Waals surface area (Å²) >= 11 is 0. The monoisotopic (exact) mass is 454 g/mol. The van der Waals surface area contributed by atoms with E-state index in [1.807, 2.05) is 0 Å². The highest BCUT2D eigenvalue weighted by Crippen LogP contribution is 2.66. The number of carbonyl (C=O) groups is 1. The van der Waals surface area contributed by atoms with Gasteiger partial charge in [-0.1, -0.05) is 44.2 Å². The lowest BCUT2D eigenvalue weighted by molar-refractivity contribution is -0.169. The third-order valence-electron chi connectivity index (χ3n) is 10.5. The molecule has 0 heterocycles. The van der Waals surface area contributed by atoms with Gasteiger partial charge in [0.25, 0.3) is 0 Å². The summed E-state index contributed by atoms with van der Waals surface area (Å²) in [6.45, 7) is 6.85. The van der Waals surface area contributed by atoms with Crippen LogP contribution < -0.4 is 0 Å². The largest absolute Gasteiger partial charge is 0.376 e. The Morgan fingerprint density at radius 2 is 1.73 bits per heavy atom. The SMILES string of the molecule is COCO[C@H]1CC[C@@]2(C)[C@H](C1)C(=O)C[C@@H]1[C@@H]2CC[C@]2(C)[C@@H](COCc3ccccc3)CC[C@@H]12. The van der Waals surface area contributed by atoms with Gasteiger partial charge in [0.2, 0.25) is 0 Å². The van der Waals surface area contributed by atoms with Crippen LogP contribution in [0.3, 0.4) is 0 Å². The van der Waals surface area contributed by atoms with Crippen LogP contribution in [0, 0.1) is 40.4 Å². The molecule has 4 nitrogen and oxygen atoms in total. The summed E-state index contributed by atoms with van der Waals surface area (Å²) in [6.07, 6.45) is 9.12. The first-order valence-electron chi connectivity index (χ1n) is 13.2. The molecule has 0 radical (unpaired) electrons. The molecule has 4 fully saturated rings. The van der Waals surface area contributed by atoms with Gasteiger partial charge in [-0.05, 0) is 85.0 Å². The Morgan fingerprint density at radius 1 is 0.970 bits per heavy atom. The van der Waals surface area contributed by atoms with E-state index in [-0.39, 0.29) is 17.4 Å². The van der Waals surface area contributed by atoms with Crippen molar-refractivity contribution in [1.82, 2.24) is 0 Å². The maximum Gasteiger partial charge on any atom is 0.146 e. The zero-order valence-corrected chi connectivity index (χ0v) is 20.8. The van der Waals surface area contributed by atoms with Crippen molar-refractivity contribution < 1.29 is 19.0 Å². The molecule has 33 heavy (non-hydrogen) atoms. The van der Waals surface area contributed by atoms with Gasteiger partial charge in [-0.3, -0.25) is 4.79 Å². The lowest BCUT2D eigenvalue weighted by atomic mass is 9.44. The number of Topliss-reactive ketones (excluding diaryl/α,β-unsaturated/α-hetero) is 1. The summed E-state index contributed by atoms with van der Waals surface area (Å²) in [5.74, 6) is 3.22. The second-order valence-corrected chi connectivity index (χ2v) is 11.9. The molecule has 182 valence electrons. The average molecular weight is 455 g/mol. The summed E-state index contributed by atoms with van der Waals surface area (Å²) in [7, 11) is 1.67. The molecule has 4 saturated carbocycles. The van der Waals surface area contributed by atoms with E-state index < -0.39 is 0 Å². The summed E-state index contributed by atoms with van der Waals surface area (Å²) in [6, 6.07) is 10.5. The van der Waals surface area contributed by atoms with Gasteiger partial charge in [0.05, 0.1) is 19.3 Å². The standard InChI is InChI=1S/C29H42O4/c1-28-14-12-25-23(16-27(30)26-15-22(33-19-31-3)11-13-29(25,26)2)24(28)10-9-21(28)18-32-17-20-7-5-4-6-8-20/h4-8,21-26H,9-19H2,1-3H3/t21-,22+,23+,24+,25+,26-,28-,29-/m1/s1. The van der Waals surface area contributed by atoms with Gasteiger partial charge in [0.1, 0.15) is 12.6 Å². The molecule has 1 aromatic carbocycles. The number of hydrogen-bond donors (Lipinski definition) is 0. The van der Waals surface area contributed by atoms with Crippen LogP contribution in [0.1, 0.15) is 70.8 Å². The lowest BCUT2D eigenvalue weighted by Crippen LogP contribution is -2.57. The van der Waals surface area contributed by atoms with E-state index in [1.165, 1.54) is 31.2 Å². The van der Waals surface area contributed by atoms with Crippen LogP contribution in [-0.4, -0.2) is 32.4 Å². The van der Waals surface area contributed by atoms with E-state index in [2.05, 4.69) is 44.2 Å². The Balaban J connectivity index is 1.26. The molecule has 0 amide bonds.